The Hall–Kier alpha value is -0.350. The fourth-order valence-electron chi connectivity index (χ4n) is 1.92. The van der Waals surface area contributed by atoms with Crippen molar-refractivity contribution in [3.8, 4) is 0 Å². The number of thiophene rings is 2. The zero-order valence-electron chi connectivity index (χ0n) is 10.2. The fourth-order valence-corrected chi connectivity index (χ4v) is 4.46. The first-order chi connectivity index (χ1) is 8.17. The Morgan fingerprint density at radius 3 is 2.76 bits per heavy atom. The molecule has 2 aromatic rings. The number of hydrogen-bond donors (Lipinski definition) is 1. The maximum absolute atomic E-state index is 6.16. The molecule has 0 aliphatic carbocycles. The molecule has 0 saturated heterocycles. The van der Waals surface area contributed by atoms with Crippen LogP contribution in [0.25, 0.3) is 0 Å². The van der Waals surface area contributed by atoms with Crippen LogP contribution in [0.5, 0.6) is 0 Å². The second kappa shape index (κ2) is 5.53. The lowest BCUT2D eigenvalue weighted by Crippen LogP contribution is -2.16. The Morgan fingerprint density at radius 1 is 1.47 bits per heavy atom. The van der Waals surface area contributed by atoms with Gasteiger partial charge in [0.1, 0.15) is 0 Å². The van der Waals surface area contributed by atoms with E-state index in [4.69, 9.17) is 11.6 Å². The fraction of sp³-hybridized carbons (Fsp3) is 0.385. The molecule has 0 aliphatic rings. The number of aryl methyl sites for hydroxylation is 2. The van der Waals surface area contributed by atoms with Crippen molar-refractivity contribution in [2.75, 3.05) is 7.05 Å². The minimum Gasteiger partial charge on any atom is -0.308 e. The van der Waals surface area contributed by atoms with Crippen molar-refractivity contribution < 1.29 is 0 Å². The third-order valence-corrected chi connectivity index (χ3v) is 5.52. The van der Waals surface area contributed by atoms with E-state index in [0.29, 0.717) is 0 Å². The molecule has 0 aromatic carbocycles. The Kier molecular flexibility index (Phi) is 4.26. The van der Waals surface area contributed by atoms with Crippen molar-refractivity contribution in [1.29, 1.82) is 0 Å². The highest BCUT2D eigenvalue weighted by Crippen LogP contribution is 2.37. The molecular formula is C13H16ClNS2. The van der Waals surface area contributed by atoms with Crippen LogP contribution in [0.2, 0.25) is 4.34 Å². The van der Waals surface area contributed by atoms with Crippen molar-refractivity contribution in [2.45, 2.75) is 26.3 Å². The normalized spacial score (nSPS) is 12.9. The molecule has 92 valence electrons. The average molecular weight is 286 g/mol. The molecule has 0 spiro atoms. The van der Waals surface area contributed by atoms with Crippen LogP contribution in [-0.4, -0.2) is 7.05 Å². The number of nitrogens with one attached hydrogen (secondary N) is 1. The quantitative estimate of drug-likeness (QED) is 0.863. The molecule has 2 heterocycles. The first-order valence-corrected chi connectivity index (χ1v) is 7.74. The zero-order valence-corrected chi connectivity index (χ0v) is 12.6. The van der Waals surface area contributed by atoms with Crippen LogP contribution in [0.15, 0.2) is 17.5 Å². The van der Waals surface area contributed by atoms with E-state index >= 15 is 0 Å². The predicted octanol–water partition coefficient (Wildman–Crippen LogP) is 4.64. The first kappa shape index (κ1) is 13.1. The molecule has 1 unspecified atom stereocenters. The standard InChI is InChI=1S/C13H16ClNS2/c1-4-9-5-6-16-12(9)11(15-3)10-7-8(2)13(14)17-10/h5-7,11,15H,4H2,1-3H3. The van der Waals surface area contributed by atoms with Gasteiger partial charge in [-0.2, -0.15) is 0 Å². The number of hydrogen-bond acceptors (Lipinski definition) is 3. The maximum atomic E-state index is 6.16. The summed E-state index contributed by atoms with van der Waals surface area (Å²) in [6.07, 6.45) is 1.08. The minimum absolute atomic E-state index is 0.279. The molecule has 2 rings (SSSR count). The van der Waals surface area contributed by atoms with E-state index in [1.54, 1.807) is 11.3 Å². The summed E-state index contributed by atoms with van der Waals surface area (Å²) in [5, 5.41) is 5.57. The second-order valence-corrected chi connectivity index (χ2v) is 6.62. The lowest BCUT2D eigenvalue weighted by Gasteiger charge is -2.14. The largest absolute Gasteiger partial charge is 0.308 e. The summed E-state index contributed by atoms with van der Waals surface area (Å²) >= 11 is 9.65. The van der Waals surface area contributed by atoms with Gasteiger partial charge in [-0.15, -0.1) is 22.7 Å². The maximum Gasteiger partial charge on any atom is 0.0961 e. The van der Waals surface area contributed by atoms with E-state index < -0.39 is 0 Å². The van der Waals surface area contributed by atoms with E-state index in [0.717, 1.165) is 10.8 Å². The Balaban J connectivity index is 2.40. The van der Waals surface area contributed by atoms with Crippen molar-refractivity contribution in [3.63, 3.8) is 0 Å². The van der Waals surface area contributed by atoms with E-state index in [1.165, 1.54) is 20.9 Å². The zero-order chi connectivity index (χ0) is 12.4. The van der Waals surface area contributed by atoms with Crippen LogP contribution in [-0.2, 0) is 6.42 Å². The molecule has 0 saturated carbocycles. The van der Waals surface area contributed by atoms with Crippen LogP contribution >= 0.6 is 34.3 Å². The van der Waals surface area contributed by atoms with Gasteiger partial charge in [-0.25, -0.2) is 0 Å². The third-order valence-electron chi connectivity index (χ3n) is 2.87. The van der Waals surface area contributed by atoms with E-state index in [1.807, 2.05) is 18.4 Å². The minimum atomic E-state index is 0.279. The molecular weight excluding hydrogens is 270 g/mol. The predicted molar refractivity (Wildman–Crippen MR) is 78.7 cm³/mol. The van der Waals surface area contributed by atoms with Gasteiger partial charge in [0.25, 0.3) is 0 Å². The lowest BCUT2D eigenvalue weighted by atomic mass is 10.1. The summed E-state index contributed by atoms with van der Waals surface area (Å²) in [6, 6.07) is 4.68. The molecule has 1 atom stereocenters. The van der Waals surface area contributed by atoms with Gasteiger partial charge < -0.3 is 5.32 Å². The number of halogens is 1. The summed E-state index contributed by atoms with van der Waals surface area (Å²) in [5.41, 5.74) is 2.60. The van der Waals surface area contributed by atoms with Crippen LogP contribution in [0, 0.1) is 6.92 Å². The SMILES string of the molecule is CCc1ccsc1C(NC)c1cc(C)c(Cl)s1. The van der Waals surface area contributed by atoms with Crippen LogP contribution in [0.1, 0.15) is 33.8 Å². The molecule has 2 aromatic heterocycles. The van der Waals surface area contributed by atoms with Gasteiger partial charge in [0, 0.05) is 9.75 Å². The summed E-state index contributed by atoms with van der Waals surface area (Å²) in [5.74, 6) is 0. The summed E-state index contributed by atoms with van der Waals surface area (Å²) < 4.78 is 0.898. The Labute approximate surface area is 115 Å². The molecule has 0 fully saturated rings. The van der Waals surface area contributed by atoms with E-state index in [-0.39, 0.29) is 6.04 Å². The summed E-state index contributed by atoms with van der Waals surface area (Å²) in [7, 11) is 2.01. The van der Waals surface area contributed by atoms with Gasteiger partial charge in [-0.05, 0) is 49.0 Å². The first-order valence-electron chi connectivity index (χ1n) is 5.66. The average Bonchev–Trinajstić information content (AvgIpc) is 2.89. The van der Waals surface area contributed by atoms with Gasteiger partial charge in [0.15, 0.2) is 0 Å². The molecule has 0 aliphatic heterocycles. The van der Waals surface area contributed by atoms with Gasteiger partial charge in [-0.3, -0.25) is 0 Å². The second-order valence-electron chi connectivity index (χ2n) is 3.99. The Bertz CT molecular complexity index is 482. The molecule has 0 radical (unpaired) electrons. The third kappa shape index (κ3) is 2.58. The Morgan fingerprint density at radius 2 is 2.24 bits per heavy atom. The highest BCUT2D eigenvalue weighted by molar-refractivity contribution is 7.16. The van der Waals surface area contributed by atoms with Gasteiger partial charge in [0.05, 0.1) is 10.4 Å². The van der Waals surface area contributed by atoms with Crippen molar-refractivity contribution in [3.05, 3.63) is 42.7 Å². The van der Waals surface area contributed by atoms with Gasteiger partial charge in [-0.1, -0.05) is 18.5 Å². The van der Waals surface area contributed by atoms with Crippen LogP contribution in [0.3, 0.4) is 0 Å². The van der Waals surface area contributed by atoms with Crippen LogP contribution < -0.4 is 5.32 Å². The highest BCUT2D eigenvalue weighted by atomic mass is 35.5. The molecule has 17 heavy (non-hydrogen) atoms. The van der Waals surface area contributed by atoms with Gasteiger partial charge in [0.2, 0.25) is 0 Å². The van der Waals surface area contributed by atoms with E-state index in [2.05, 4.69) is 36.7 Å². The smallest absolute Gasteiger partial charge is 0.0961 e. The molecule has 1 nitrogen and oxygen atoms in total. The van der Waals surface area contributed by atoms with E-state index in [9.17, 15) is 0 Å². The summed E-state index contributed by atoms with van der Waals surface area (Å²) in [4.78, 5) is 2.71. The molecule has 4 heteroatoms. The summed E-state index contributed by atoms with van der Waals surface area (Å²) in [6.45, 7) is 4.26. The molecule has 1 N–H and O–H groups in total. The lowest BCUT2D eigenvalue weighted by molar-refractivity contribution is 0.709. The topological polar surface area (TPSA) is 12.0 Å². The highest BCUT2D eigenvalue weighted by Gasteiger charge is 2.19. The molecule has 0 bridgehead atoms. The monoisotopic (exact) mass is 285 g/mol. The van der Waals surface area contributed by atoms with Gasteiger partial charge >= 0.3 is 0 Å². The number of rotatable bonds is 4. The van der Waals surface area contributed by atoms with Crippen LogP contribution in [0.4, 0.5) is 0 Å². The van der Waals surface area contributed by atoms with Crippen molar-refractivity contribution >= 4 is 34.3 Å². The van der Waals surface area contributed by atoms with Crippen molar-refractivity contribution in [1.82, 2.24) is 5.32 Å². The van der Waals surface area contributed by atoms with Crippen molar-refractivity contribution in [2.24, 2.45) is 0 Å². The molecule has 0 amide bonds.